The van der Waals surface area contributed by atoms with Crippen LogP contribution in [0.25, 0.3) is 21.9 Å². The maximum atomic E-state index is 13.8. The molecule has 5 atom stereocenters. The van der Waals surface area contributed by atoms with Crippen molar-refractivity contribution in [3.63, 3.8) is 0 Å². The molecule has 294 valence electrons. The summed E-state index contributed by atoms with van der Waals surface area (Å²) in [6.45, 7) is 1.11. The molecule has 0 bridgehead atoms. The average molecular weight is 809 g/mol. The lowest BCUT2D eigenvalue weighted by Crippen LogP contribution is -2.61. The molecule has 0 radical (unpaired) electrons. The van der Waals surface area contributed by atoms with E-state index in [4.69, 9.17) is 40.0 Å². The quantitative estimate of drug-likeness (QED) is 0.0574. The lowest BCUT2D eigenvalue weighted by molar-refractivity contribution is -0.238. The van der Waals surface area contributed by atoms with Crippen molar-refractivity contribution in [1.29, 1.82) is 0 Å². The zero-order valence-corrected chi connectivity index (χ0v) is 32.7. The molecule has 1 aliphatic carbocycles. The normalized spacial score (nSPS) is 19.9. The van der Waals surface area contributed by atoms with Crippen molar-refractivity contribution in [2.24, 2.45) is 0 Å². The Kier molecular flexibility index (Phi) is 13.2. The van der Waals surface area contributed by atoms with Crippen LogP contribution in [-0.2, 0) is 49.4 Å². The van der Waals surface area contributed by atoms with Crippen molar-refractivity contribution in [3.05, 3.63) is 138 Å². The Labute approximate surface area is 339 Å². The number of Topliss-reactive ketones (excluding diaryl/α,β-unsaturated/α-hetero) is 1. The van der Waals surface area contributed by atoms with E-state index < -0.39 is 53.8 Å². The van der Waals surface area contributed by atoms with Gasteiger partial charge in [-0.1, -0.05) is 121 Å². The number of thioether (sulfide) groups is 1. The Morgan fingerprint density at radius 2 is 1.33 bits per heavy atom. The van der Waals surface area contributed by atoms with Crippen molar-refractivity contribution in [2.45, 2.75) is 67.0 Å². The first-order valence-electron chi connectivity index (χ1n) is 18.7. The number of hydrogen-bond donors (Lipinski definition) is 0. The van der Waals surface area contributed by atoms with Gasteiger partial charge in [0.1, 0.15) is 42.5 Å². The van der Waals surface area contributed by atoms with Crippen LogP contribution in [0.3, 0.4) is 0 Å². The zero-order chi connectivity index (χ0) is 39.7. The lowest BCUT2D eigenvalue weighted by Gasteiger charge is -2.44. The SMILES string of the molecule is CC(=O)CCC(=O)OC[C@H]1O[C@@H](Sc2ccccc2)[C@H](OC(=O)OCC2c3ccccc3-c3ccccc32)[C@@H](OC(=O)CCl)[C@H]1OCc1cccc2ccccc12. The van der Waals surface area contributed by atoms with Crippen molar-refractivity contribution in [1.82, 2.24) is 0 Å². The molecule has 0 aromatic heterocycles. The summed E-state index contributed by atoms with van der Waals surface area (Å²) in [6, 6.07) is 38.9. The molecule has 0 unspecified atom stereocenters. The minimum Gasteiger partial charge on any atom is -0.463 e. The molecule has 1 fully saturated rings. The standard InChI is InChI=1S/C45H41ClO10S/c1-28(47)22-23-39(48)51-27-38-41(52-25-30-14-11-13-29-12-5-6-17-32(29)30)42(55-40(49)24-46)43(44(54-38)57-31-15-3-2-4-16-31)56-45(50)53-26-37-35-20-9-7-18-33(35)34-19-8-10-21-36(34)37/h2-21,37-38,41-44H,22-27H2,1H3/t38-,41+,42+,43-,44+/m1/s1. The predicted octanol–water partition coefficient (Wildman–Crippen LogP) is 8.64. The summed E-state index contributed by atoms with van der Waals surface area (Å²) in [4.78, 5) is 52.1. The van der Waals surface area contributed by atoms with Crippen molar-refractivity contribution >= 4 is 58.0 Å². The molecular formula is C45H41ClO10S. The molecule has 7 rings (SSSR count). The smallest absolute Gasteiger partial charge is 0.463 e. The largest absolute Gasteiger partial charge is 0.508 e. The van der Waals surface area contributed by atoms with Crippen LogP contribution < -0.4 is 0 Å². The highest BCUT2D eigenvalue weighted by Crippen LogP contribution is 2.45. The summed E-state index contributed by atoms with van der Waals surface area (Å²) in [5.74, 6) is -2.28. The maximum absolute atomic E-state index is 13.8. The van der Waals surface area contributed by atoms with Crippen LogP contribution in [0, 0.1) is 0 Å². The number of ether oxygens (including phenoxy) is 6. The molecule has 0 N–H and O–H groups in total. The molecule has 1 aliphatic heterocycles. The van der Waals surface area contributed by atoms with E-state index in [2.05, 4.69) is 0 Å². The monoisotopic (exact) mass is 808 g/mol. The van der Waals surface area contributed by atoms with Crippen molar-refractivity contribution in [3.8, 4) is 11.1 Å². The molecule has 0 saturated carbocycles. The van der Waals surface area contributed by atoms with Gasteiger partial charge >= 0.3 is 18.1 Å². The third-order valence-corrected chi connectivity index (χ3v) is 11.3. The summed E-state index contributed by atoms with van der Waals surface area (Å²) >= 11 is 7.23. The van der Waals surface area contributed by atoms with E-state index in [1.165, 1.54) is 18.7 Å². The summed E-state index contributed by atoms with van der Waals surface area (Å²) in [7, 11) is 0. The van der Waals surface area contributed by atoms with Crippen LogP contribution in [0.5, 0.6) is 0 Å². The highest BCUT2D eigenvalue weighted by Gasteiger charge is 2.52. The predicted molar refractivity (Wildman–Crippen MR) is 215 cm³/mol. The van der Waals surface area contributed by atoms with E-state index in [1.807, 2.05) is 121 Å². The fourth-order valence-electron chi connectivity index (χ4n) is 7.25. The van der Waals surface area contributed by atoms with Gasteiger partial charge < -0.3 is 33.2 Å². The number of carbonyl (C=O) groups is 4. The van der Waals surface area contributed by atoms with E-state index in [0.29, 0.717) is 0 Å². The van der Waals surface area contributed by atoms with Gasteiger partial charge in [0.25, 0.3) is 0 Å². The van der Waals surface area contributed by atoms with Crippen LogP contribution in [0.1, 0.15) is 42.4 Å². The van der Waals surface area contributed by atoms with E-state index in [9.17, 15) is 19.2 Å². The zero-order valence-electron chi connectivity index (χ0n) is 31.1. The van der Waals surface area contributed by atoms with E-state index in [0.717, 1.165) is 43.5 Å². The minimum absolute atomic E-state index is 0.0110. The summed E-state index contributed by atoms with van der Waals surface area (Å²) in [5.41, 5.74) is 4.04. The fourth-order valence-corrected chi connectivity index (χ4v) is 8.44. The first-order valence-corrected chi connectivity index (χ1v) is 20.1. The number of ketones is 1. The fraction of sp³-hybridized carbons (Fsp3) is 0.289. The van der Waals surface area contributed by atoms with Crippen molar-refractivity contribution < 1.29 is 47.6 Å². The van der Waals surface area contributed by atoms with Crippen LogP contribution in [-0.4, -0.2) is 72.8 Å². The van der Waals surface area contributed by atoms with Crippen molar-refractivity contribution in [2.75, 3.05) is 19.1 Å². The van der Waals surface area contributed by atoms with Gasteiger partial charge in [-0.25, -0.2) is 4.79 Å². The van der Waals surface area contributed by atoms with E-state index in [1.54, 1.807) is 0 Å². The second-order valence-corrected chi connectivity index (χ2v) is 15.2. The number of alkyl halides is 1. The molecule has 5 aromatic rings. The van der Waals surface area contributed by atoms with Gasteiger partial charge in [0.15, 0.2) is 12.2 Å². The third-order valence-electron chi connectivity index (χ3n) is 9.93. The maximum Gasteiger partial charge on any atom is 0.508 e. The summed E-state index contributed by atoms with van der Waals surface area (Å²) in [6.07, 6.45) is -5.82. The number of rotatable bonds is 15. The van der Waals surface area contributed by atoms with Gasteiger partial charge in [-0.15, -0.1) is 11.6 Å². The molecule has 0 amide bonds. The second kappa shape index (κ2) is 18.8. The lowest BCUT2D eigenvalue weighted by atomic mass is 9.98. The molecule has 5 aromatic carbocycles. The highest BCUT2D eigenvalue weighted by atomic mass is 35.5. The topological polar surface area (TPSA) is 124 Å². The highest BCUT2D eigenvalue weighted by molar-refractivity contribution is 7.99. The molecule has 1 saturated heterocycles. The Hall–Kier alpha value is -5.20. The van der Waals surface area contributed by atoms with Crippen LogP contribution in [0.15, 0.2) is 126 Å². The number of hydrogen-bond acceptors (Lipinski definition) is 11. The van der Waals surface area contributed by atoms with Gasteiger partial charge in [-0.3, -0.25) is 9.59 Å². The molecule has 10 nitrogen and oxygen atoms in total. The molecular weight excluding hydrogens is 768 g/mol. The molecule has 12 heteroatoms. The molecule has 57 heavy (non-hydrogen) atoms. The number of fused-ring (bicyclic) bond motifs is 4. The van der Waals surface area contributed by atoms with Crippen LogP contribution in [0.2, 0.25) is 0 Å². The third kappa shape index (κ3) is 9.68. The van der Waals surface area contributed by atoms with Gasteiger partial charge in [-0.05, 0) is 57.6 Å². The Balaban J connectivity index is 1.19. The van der Waals surface area contributed by atoms with Gasteiger partial charge in [0, 0.05) is 17.2 Å². The number of benzene rings is 5. The summed E-state index contributed by atoms with van der Waals surface area (Å²) in [5, 5.41) is 1.94. The Morgan fingerprint density at radius 1 is 0.667 bits per heavy atom. The van der Waals surface area contributed by atoms with Gasteiger partial charge in [0.2, 0.25) is 0 Å². The van der Waals surface area contributed by atoms with E-state index in [-0.39, 0.29) is 44.4 Å². The minimum atomic E-state index is -1.29. The second-order valence-electron chi connectivity index (χ2n) is 13.7. The number of halogens is 1. The molecule has 2 aliphatic rings. The van der Waals surface area contributed by atoms with Gasteiger partial charge in [-0.2, -0.15) is 0 Å². The molecule has 0 spiro atoms. The first kappa shape index (κ1) is 40.0. The van der Waals surface area contributed by atoms with Gasteiger partial charge in [0.05, 0.1) is 13.0 Å². The number of esters is 2. The van der Waals surface area contributed by atoms with Crippen LogP contribution in [0.4, 0.5) is 4.79 Å². The summed E-state index contributed by atoms with van der Waals surface area (Å²) < 4.78 is 36.8. The van der Waals surface area contributed by atoms with E-state index >= 15 is 0 Å². The van der Waals surface area contributed by atoms with Crippen LogP contribution >= 0.6 is 23.4 Å². The number of carbonyl (C=O) groups excluding carboxylic acids is 4. The first-order chi connectivity index (χ1) is 27.8. The average Bonchev–Trinajstić information content (AvgIpc) is 3.55. The Bertz CT molecular complexity index is 2160. The molecule has 1 heterocycles. The Morgan fingerprint density at radius 3 is 2.05 bits per heavy atom.